The Morgan fingerprint density at radius 1 is 1.70 bits per heavy atom. The smallest absolute Gasteiger partial charge is 0.308 e. The zero-order valence-electron chi connectivity index (χ0n) is 5.15. The van der Waals surface area contributed by atoms with E-state index in [1.54, 1.807) is 0 Å². The summed E-state index contributed by atoms with van der Waals surface area (Å²) in [6.07, 6.45) is 0. The molecule has 1 heterocycles. The molecule has 1 amide bonds. The van der Waals surface area contributed by atoms with Gasteiger partial charge in [0.2, 0.25) is 0 Å². The SMILES string of the molecule is O=C1COCCN1[N+](=O)[O-]. The molecule has 0 atom stereocenters. The van der Waals surface area contributed by atoms with Crippen LogP contribution in [0.4, 0.5) is 0 Å². The molecule has 1 rings (SSSR count). The first-order chi connectivity index (χ1) is 4.72. The number of hydrogen-bond donors (Lipinski definition) is 0. The maximum atomic E-state index is 10.6. The molecule has 1 fully saturated rings. The van der Waals surface area contributed by atoms with Crippen molar-refractivity contribution < 1.29 is 14.6 Å². The predicted octanol–water partition coefficient (Wildman–Crippen LogP) is -0.963. The fourth-order valence-corrected chi connectivity index (χ4v) is 0.682. The van der Waals surface area contributed by atoms with E-state index in [9.17, 15) is 14.9 Å². The van der Waals surface area contributed by atoms with Crippen molar-refractivity contribution in [2.24, 2.45) is 0 Å². The van der Waals surface area contributed by atoms with Gasteiger partial charge in [0.05, 0.1) is 6.61 Å². The van der Waals surface area contributed by atoms with Crippen LogP contribution in [0.5, 0.6) is 0 Å². The van der Waals surface area contributed by atoms with Crippen molar-refractivity contribution in [3.8, 4) is 0 Å². The maximum absolute atomic E-state index is 10.6. The minimum atomic E-state index is -0.717. The number of carbonyl (C=O) groups excluding carboxylic acids is 1. The predicted molar refractivity (Wildman–Crippen MR) is 29.5 cm³/mol. The van der Waals surface area contributed by atoms with Gasteiger partial charge in [0.15, 0.2) is 5.03 Å². The van der Waals surface area contributed by atoms with E-state index < -0.39 is 10.9 Å². The van der Waals surface area contributed by atoms with Crippen LogP contribution in [-0.2, 0) is 9.53 Å². The van der Waals surface area contributed by atoms with Crippen LogP contribution in [0.2, 0.25) is 0 Å². The van der Waals surface area contributed by atoms with Gasteiger partial charge in [-0.15, -0.1) is 0 Å². The van der Waals surface area contributed by atoms with E-state index in [0.717, 1.165) is 0 Å². The second-order valence-electron chi connectivity index (χ2n) is 1.81. The number of carbonyl (C=O) groups is 1. The summed E-state index contributed by atoms with van der Waals surface area (Å²) < 4.78 is 4.67. The molecule has 0 unspecified atom stereocenters. The molecular formula is C4H6N2O4. The fourth-order valence-electron chi connectivity index (χ4n) is 0.682. The standard InChI is InChI=1S/C4H6N2O4/c7-4-3-10-2-1-5(4)6(8)9/h1-3H2. The number of hydrazine groups is 1. The number of amides is 1. The molecule has 10 heavy (non-hydrogen) atoms. The molecule has 0 aromatic carbocycles. The largest absolute Gasteiger partial charge is 0.369 e. The lowest BCUT2D eigenvalue weighted by atomic mass is 10.5. The van der Waals surface area contributed by atoms with E-state index in [4.69, 9.17) is 0 Å². The number of nitrogens with zero attached hydrogens (tertiary/aromatic N) is 2. The Bertz CT molecular complexity index is 169. The molecule has 0 aromatic heterocycles. The van der Waals surface area contributed by atoms with Crippen molar-refractivity contribution in [2.45, 2.75) is 0 Å². The van der Waals surface area contributed by atoms with Crippen LogP contribution in [0.15, 0.2) is 0 Å². The van der Waals surface area contributed by atoms with Crippen LogP contribution in [0.25, 0.3) is 0 Å². The van der Waals surface area contributed by atoms with Gasteiger partial charge >= 0.3 is 5.91 Å². The molecule has 0 radical (unpaired) electrons. The molecule has 0 N–H and O–H groups in total. The van der Waals surface area contributed by atoms with Crippen LogP contribution >= 0.6 is 0 Å². The lowest BCUT2D eigenvalue weighted by molar-refractivity contribution is -0.637. The first-order valence-corrected chi connectivity index (χ1v) is 2.74. The summed E-state index contributed by atoms with van der Waals surface area (Å²) in [6, 6.07) is 0. The van der Waals surface area contributed by atoms with E-state index in [1.807, 2.05) is 0 Å². The Morgan fingerprint density at radius 3 is 2.80 bits per heavy atom. The normalized spacial score (nSPS) is 19.2. The first-order valence-electron chi connectivity index (χ1n) is 2.74. The highest BCUT2D eigenvalue weighted by atomic mass is 16.7. The fraction of sp³-hybridized carbons (Fsp3) is 0.750. The van der Waals surface area contributed by atoms with Crippen LogP contribution in [0, 0.1) is 10.1 Å². The monoisotopic (exact) mass is 146 g/mol. The third kappa shape index (κ3) is 1.21. The summed E-state index contributed by atoms with van der Waals surface area (Å²) in [7, 11) is 0. The molecule has 1 aliphatic heterocycles. The van der Waals surface area contributed by atoms with Gasteiger partial charge in [0.1, 0.15) is 13.2 Å². The van der Waals surface area contributed by atoms with Gasteiger partial charge < -0.3 is 4.74 Å². The van der Waals surface area contributed by atoms with Crippen molar-refractivity contribution >= 4 is 5.91 Å². The molecule has 1 saturated heterocycles. The van der Waals surface area contributed by atoms with Gasteiger partial charge in [-0.2, -0.15) is 0 Å². The zero-order chi connectivity index (χ0) is 7.56. The lowest BCUT2D eigenvalue weighted by Gasteiger charge is -2.16. The van der Waals surface area contributed by atoms with E-state index >= 15 is 0 Å². The second-order valence-corrected chi connectivity index (χ2v) is 1.81. The summed E-state index contributed by atoms with van der Waals surface area (Å²) in [5, 5.41) is 9.86. The molecule has 6 nitrogen and oxygen atoms in total. The van der Waals surface area contributed by atoms with E-state index in [0.29, 0.717) is 5.01 Å². The molecule has 1 aliphatic rings. The number of ether oxygens (including phenoxy) is 1. The number of nitro groups is 1. The van der Waals surface area contributed by atoms with Crippen molar-refractivity contribution in [1.29, 1.82) is 0 Å². The highest BCUT2D eigenvalue weighted by molar-refractivity contribution is 5.76. The lowest BCUT2D eigenvalue weighted by Crippen LogP contribution is -2.44. The molecule has 0 aromatic rings. The minimum absolute atomic E-state index is 0.0475. The number of hydrogen-bond acceptors (Lipinski definition) is 4. The molecule has 0 bridgehead atoms. The van der Waals surface area contributed by atoms with Gasteiger partial charge in [-0.25, -0.2) is 10.1 Å². The maximum Gasteiger partial charge on any atom is 0.308 e. The third-order valence-corrected chi connectivity index (χ3v) is 1.16. The molecule has 0 spiro atoms. The third-order valence-electron chi connectivity index (χ3n) is 1.16. The Hall–Kier alpha value is -1.17. The molecule has 56 valence electrons. The average molecular weight is 146 g/mol. The summed E-state index contributed by atoms with van der Waals surface area (Å²) in [6.45, 7) is 0.111. The van der Waals surface area contributed by atoms with Crippen LogP contribution < -0.4 is 0 Å². The first kappa shape index (κ1) is 6.94. The number of morpholine rings is 1. The minimum Gasteiger partial charge on any atom is -0.369 e. The number of rotatable bonds is 1. The molecule has 0 aliphatic carbocycles. The van der Waals surface area contributed by atoms with Crippen LogP contribution in [0.3, 0.4) is 0 Å². The quantitative estimate of drug-likeness (QED) is 0.352. The Kier molecular flexibility index (Phi) is 1.81. The zero-order valence-corrected chi connectivity index (χ0v) is 5.15. The van der Waals surface area contributed by atoms with Gasteiger partial charge in [0.25, 0.3) is 0 Å². The average Bonchev–Trinajstić information content (AvgIpc) is 1.88. The van der Waals surface area contributed by atoms with Crippen LogP contribution in [0.1, 0.15) is 0 Å². The summed E-state index contributed by atoms with van der Waals surface area (Å²) >= 11 is 0. The van der Waals surface area contributed by atoms with Gasteiger partial charge in [-0.05, 0) is 0 Å². The van der Waals surface area contributed by atoms with Crippen LogP contribution in [-0.4, -0.2) is 35.7 Å². The van der Waals surface area contributed by atoms with Crippen molar-refractivity contribution in [3.63, 3.8) is 0 Å². The Morgan fingerprint density at radius 2 is 2.40 bits per heavy atom. The summed E-state index contributed by atoms with van der Waals surface area (Å²) in [4.78, 5) is 20.6. The molecular weight excluding hydrogens is 140 g/mol. The van der Waals surface area contributed by atoms with Crippen molar-refractivity contribution in [2.75, 3.05) is 19.8 Å². The highest BCUT2D eigenvalue weighted by Gasteiger charge is 2.27. The van der Waals surface area contributed by atoms with Crippen molar-refractivity contribution in [3.05, 3.63) is 10.1 Å². The van der Waals surface area contributed by atoms with Crippen molar-refractivity contribution in [1.82, 2.24) is 5.01 Å². The Labute approximate surface area is 56.5 Å². The molecule has 6 heteroatoms. The van der Waals surface area contributed by atoms with Gasteiger partial charge in [-0.3, -0.25) is 4.79 Å². The topological polar surface area (TPSA) is 72.7 Å². The highest BCUT2D eigenvalue weighted by Crippen LogP contribution is 1.97. The summed E-state index contributed by atoms with van der Waals surface area (Å²) in [5.74, 6) is -0.587. The van der Waals surface area contributed by atoms with E-state index in [1.165, 1.54) is 0 Å². The summed E-state index contributed by atoms with van der Waals surface area (Å²) in [5.41, 5.74) is 0. The van der Waals surface area contributed by atoms with E-state index in [-0.39, 0.29) is 19.8 Å². The van der Waals surface area contributed by atoms with Gasteiger partial charge in [0, 0.05) is 0 Å². The Balaban J connectivity index is 2.56. The molecule has 0 saturated carbocycles. The second kappa shape index (κ2) is 2.61. The van der Waals surface area contributed by atoms with E-state index in [2.05, 4.69) is 4.74 Å². The van der Waals surface area contributed by atoms with Gasteiger partial charge in [-0.1, -0.05) is 5.01 Å².